The predicted octanol–water partition coefficient (Wildman–Crippen LogP) is 1.54. The molecule has 0 radical (unpaired) electrons. The van der Waals surface area contributed by atoms with Crippen LogP contribution in [0.15, 0.2) is 18.2 Å². The fourth-order valence-corrected chi connectivity index (χ4v) is 1.85. The second-order valence-electron chi connectivity index (χ2n) is 3.86. The van der Waals surface area contributed by atoms with Crippen LogP contribution in [0.3, 0.4) is 0 Å². The highest BCUT2D eigenvalue weighted by Crippen LogP contribution is 2.23. The zero-order valence-electron chi connectivity index (χ0n) is 10.0. The maximum Gasteiger partial charge on any atom is 0.134 e. The number of halogens is 1. The number of hydrogen-bond acceptors (Lipinski definition) is 3. The van der Waals surface area contributed by atoms with Crippen LogP contribution in [0.1, 0.15) is 5.69 Å². The highest BCUT2D eigenvalue weighted by Gasteiger charge is 2.17. The normalized spacial score (nSPS) is 14.1. The Morgan fingerprint density at radius 3 is 2.94 bits per heavy atom. The Morgan fingerprint density at radius 1 is 1.41 bits per heavy atom. The zero-order valence-corrected chi connectivity index (χ0v) is 10.0. The number of ether oxygens (including phenoxy) is 1. The molecule has 0 saturated carbocycles. The highest BCUT2D eigenvalue weighted by molar-refractivity contribution is 5.82. The van der Waals surface area contributed by atoms with Gasteiger partial charge in [0, 0.05) is 0 Å². The van der Waals surface area contributed by atoms with E-state index in [-0.39, 0.29) is 5.82 Å². The van der Waals surface area contributed by atoms with E-state index < -0.39 is 0 Å². The van der Waals surface area contributed by atoms with Crippen molar-refractivity contribution >= 4 is 10.9 Å². The SMILES string of the molecule is CNC.Fc1cccc2nn3c(c12)COCC3. The number of hydrogen-bond donors (Lipinski definition) is 1. The molecule has 1 aliphatic rings. The minimum atomic E-state index is -0.214. The summed E-state index contributed by atoms with van der Waals surface area (Å²) in [6.45, 7) is 1.82. The topological polar surface area (TPSA) is 39.1 Å². The molecule has 1 aliphatic heterocycles. The maximum absolute atomic E-state index is 13.5. The van der Waals surface area contributed by atoms with Gasteiger partial charge < -0.3 is 10.1 Å². The molecule has 2 heterocycles. The van der Waals surface area contributed by atoms with E-state index in [9.17, 15) is 4.39 Å². The van der Waals surface area contributed by atoms with Crippen LogP contribution >= 0.6 is 0 Å². The van der Waals surface area contributed by atoms with Crippen molar-refractivity contribution in [2.24, 2.45) is 0 Å². The van der Waals surface area contributed by atoms with Crippen LogP contribution in [-0.2, 0) is 17.9 Å². The largest absolute Gasteiger partial charge is 0.373 e. The van der Waals surface area contributed by atoms with Crippen LogP contribution in [0, 0.1) is 5.82 Å². The predicted molar refractivity (Wildman–Crippen MR) is 64.3 cm³/mol. The summed E-state index contributed by atoms with van der Waals surface area (Å²) < 4.78 is 20.6. The molecular weight excluding hydrogens is 221 g/mol. The van der Waals surface area contributed by atoms with Crippen molar-refractivity contribution in [1.82, 2.24) is 15.1 Å². The quantitative estimate of drug-likeness (QED) is 0.755. The smallest absolute Gasteiger partial charge is 0.134 e. The second kappa shape index (κ2) is 5.25. The fraction of sp³-hybridized carbons (Fsp3) is 0.417. The molecule has 0 amide bonds. The van der Waals surface area contributed by atoms with E-state index in [4.69, 9.17) is 4.74 Å². The second-order valence-corrected chi connectivity index (χ2v) is 3.86. The van der Waals surface area contributed by atoms with Crippen molar-refractivity contribution < 1.29 is 9.13 Å². The minimum Gasteiger partial charge on any atom is -0.373 e. The number of fused-ring (bicyclic) bond motifs is 3. The summed E-state index contributed by atoms with van der Waals surface area (Å²) in [5, 5.41) is 7.66. The zero-order chi connectivity index (χ0) is 12.3. The van der Waals surface area contributed by atoms with Crippen molar-refractivity contribution in [3.05, 3.63) is 29.7 Å². The minimum absolute atomic E-state index is 0.214. The lowest BCUT2D eigenvalue weighted by atomic mass is 10.2. The summed E-state index contributed by atoms with van der Waals surface area (Å²) in [7, 11) is 3.75. The molecule has 0 bridgehead atoms. The number of nitrogens with one attached hydrogen (secondary N) is 1. The van der Waals surface area contributed by atoms with Gasteiger partial charge in [0.2, 0.25) is 0 Å². The molecule has 1 aromatic carbocycles. The molecule has 0 spiro atoms. The van der Waals surface area contributed by atoms with Gasteiger partial charge in [0.05, 0.1) is 36.4 Å². The average molecular weight is 237 g/mol. The van der Waals surface area contributed by atoms with Crippen LogP contribution in [-0.4, -0.2) is 30.5 Å². The fourth-order valence-electron chi connectivity index (χ4n) is 1.85. The first-order valence-electron chi connectivity index (χ1n) is 5.58. The van der Waals surface area contributed by atoms with Gasteiger partial charge in [0.15, 0.2) is 0 Å². The first-order valence-corrected chi connectivity index (χ1v) is 5.58. The van der Waals surface area contributed by atoms with Crippen molar-refractivity contribution in [2.75, 3.05) is 20.7 Å². The van der Waals surface area contributed by atoms with Gasteiger partial charge in [-0.1, -0.05) is 6.07 Å². The number of nitrogens with zero attached hydrogens (tertiary/aromatic N) is 2. The van der Waals surface area contributed by atoms with Crippen molar-refractivity contribution in [3.8, 4) is 0 Å². The van der Waals surface area contributed by atoms with Crippen LogP contribution in [0.2, 0.25) is 0 Å². The molecule has 1 aromatic heterocycles. The third kappa shape index (κ3) is 2.30. The van der Waals surface area contributed by atoms with Crippen LogP contribution in [0.25, 0.3) is 10.9 Å². The molecule has 0 fully saturated rings. The maximum atomic E-state index is 13.5. The lowest BCUT2D eigenvalue weighted by Gasteiger charge is -2.13. The van der Waals surface area contributed by atoms with E-state index in [0.29, 0.717) is 30.7 Å². The van der Waals surface area contributed by atoms with E-state index in [1.165, 1.54) is 6.07 Å². The Labute approximate surface area is 99.4 Å². The summed E-state index contributed by atoms with van der Waals surface area (Å²) in [4.78, 5) is 0. The molecule has 2 aromatic rings. The molecule has 0 atom stereocenters. The van der Waals surface area contributed by atoms with Gasteiger partial charge in [-0.2, -0.15) is 5.10 Å². The summed E-state index contributed by atoms with van der Waals surface area (Å²) in [6.07, 6.45) is 0. The lowest BCUT2D eigenvalue weighted by Crippen LogP contribution is -2.17. The van der Waals surface area contributed by atoms with Gasteiger partial charge in [-0.15, -0.1) is 0 Å². The first kappa shape index (κ1) is 12.0. The van der Waals surface area contributed by atoms with Gasteiger partial charge >= 0.3 is 0 Å². The third-order valence-corrected chi connectivity index (χ3v) is 2.51. The summed E-state index contributed by atoms with van der Waals surface area (Å²) >= 11 is 0. The van der Waals surface area contributed by atoms with Gasteiger partial charge in [-0.25, -0.2) is 4.39 Å². The Hall–Kier alpha value is -1.46. The Morgan fingerprint density at radius 2 is 2.18 bits per heavy atom. The van der Waals surface area contributed by atoms with Crippen molar-refractivity contribution in [1.29, 1.82) is 0 Å². The van der Waals surface area contributed by atoms with E-state index in [1.54, 1.807) is 6.07 Å². The number of rotatable bonds is 0. The van der Waals surface area contributed by atoms with E-state index in [2.05, 4.69) is 10.4 Å². The van der Waals surface area contributed by atoms with Crippen molar-refractivity contribution in [2.45, 2.75) is 13.2 Å². The number of aromatic nitrogens is 2. The molecule has 1 N–H and O–H groups in total. The van der Waals surface area contributed by atoms with E-state index in [0.717, 1.165) is 5.69 Å². The van der Waals surface area contributed by atoms with Crippen LogP contribution in [0.5, 0.6) is 0 Å². The standard InChI is InChI=1S/C10H9FN2O.C2H7N/c11-7-2-1-3-8-10(7)9-6-14-5-4-13(9)12-8;1-3-2/h1-3H,4-6H2;3H,1-2H3. The third-order valence-electron chi connectivity index (χ3n) is 2.51. The van der Waals surface area contributed by atoms with Crippen LogP contribution in [0.4, 0.5) is 4.39 Å². The summed E-state index contributed by atoms with van der Waals surface area (Å²) in [6, 6.07) is 4.96. The highest BCUT2D eigenvalue weighted by atomic mass is 19.1. The molecule has 0 unspecified atom stereocenters. The van der Waals surface area contributed by atoms with Gasteiger partial charge in [-0.05, 0) is 26.2 Å². The molecule has 17 heavy (non-hydrogen) atoms. The molecule has 0 aliphatic carbocycles. The molecular formula is C12H16FN3O. The monoisotopic (exact) mass is 237 g/mol. The van der Waals surface area contributed by atoms with Crippen LogP contribution < -0.4 is 5.32 Å². The van der Waals surface area contributed by atoms with Gasteiger partial charge in [0.1, 0.15) is 5.82 Å². The molecule has 0 saturated heterocycles. The Bertz CT molecular complexity index is 510. The Kier molecular flexibility index (Phi) is 3.71. The molecule has 92 valence electrons. The van der Waals surface area contributed by atoms with E-state index in [1.807, 2.05) is 24.8 Å². The van der Waals surface area contributed by atoms with Gasteiger partial charge in [0.25, 0.3) is 0 Å². The summed E-state index contributed by atoms with van der Waals surface area (Å²) in [5.41, 5.74) is 1.56. The number of benzene rings is 1. The first-order chi connectivity index (χ1) is 8.27. The molecule has 3 rings (SSSR count). The molecule has 4 nitrogen and oxygen atoms in total. The average Bonchev–Trinajstić information content (AvgIpc) is 2.69. The van der Waals surface area contributed by atoms with Gasteiger partial charge in [-0.3, -0.25) is 4.68 Å². The van der Waals surface area contributed by atoms with E-state index >= 15 is 0 Å². The molecule has 5 heteroatoms. The Balaban J connectivity index is 0.000000329. The lowest BCUT2D eigenvalue weighted by molar-refractivity contribution is 0.0810. The summed E-state index contributed by atoms with van der Waals surface area (Å²) in [5.74, 6) is -0.214. The van der Waals surface area contributed by atoms with Crippen molar-refractivity contribution in [3.63, 3.8) is 0 Å².